The molecule has 3 heterocycles. The third-order valence-corrected chi connectivity index (χ3v) is 7.66. The molecule has 1 aromatic carbocycles. The summed E-state index contributed by atoms with van der Waals surface area (Å²) in [5, 5.41) is 21.0. The molecule has 2 aliphatic heterocycles. The number of benzene rings is 1. The highest BCUT2D eigenvalue weighted by molar-refractivity contribution is 5.99. The third-order valence-electron chi connectivity index (χ3n) is 7.66. The first-order valence-corrected chi connectivity index (χ1v) is 14.2. The molecule has 2 aliphatic rings. The van der Waals surface area contributed by atoms with E-state index < -0.39 is 72.1 Å². The fourth-order valence-corrected chi connectivity index (χ4v) is 5.53. The standard InChI is InChI=1S/C29H38N6O7/c1-15(2)11-20-26(39)33-21(12-17-14-30-19-8-5-4-7-18(17)19)27(40)34-22(13-24(36)37)29(42)35-10-6-9-23(35)28(41)31-16(3)25(38)32-20/h4-5,7-8,14-16,20-23,30H,6,9-13H2,1-3H3,(H,31,41)(H,32,38)(H,33,39)(H,34,40)(H,36,37)/t16-,20+,21-,22-,23+/m1/s1. The molecule has 0 saturated carbocycles. The minimum Gasteiger partial charge on any atom is -0.481 e. The molecular formula is C29H38N6O7. The van der Waals surface area contributed by atoms with Gasteiger partial charge in [-0.25, -0.2) is 0 Å². The number of rotatable bonds is 6. The summed E-state index contributed by atoms with van der Waals surface area (Å²) in [6.07, 6.45) is 2.11. The van der Waals surface area contributed by atoms with E-state index in [9.17, 15) is 33.9 Å². The van der Waals surface area contributed by atoms with E-state index in [0.717, 1.165) is 16.5 Å². The topological polar surface area (TPSA) is 190 Å². The highest BCUT2D eigenvalue weighted by Gasteiger charge is 2.40. The lowest BCUT2D eigenvalue weighted by Gasteiger charge is -2.29. The van der Waals surface area contributed by atoms with Gasteiger partial charge in [0.05, 0.1) is 6.42 Å². The second-order valence-electron chi connectivity index (χ2n) is 11.4. The van der Waals surface area contributed by atoms with Crippen molar-refractivity contribution in [3.63, 3.8) is 0 Å². The van der Waals surface area contributed by atoms with Crippen LogP contribution in [-0.4, -0.2) is 87.2 Å². The molecule has 226 valence electrons. The Hall–Kier alpha value is -4.42. The molecule has 0 radical (unpaired) electrons. The van der Waals surface area contributed by atoms with Gasteiger partial charge in [-0.3, -0.25) is 28.8 Å². The second-order valence-corrected chi connectivity index (χ2v) is 11.4. The number of hydrogen-bond donors (Lipinski definition) is 6. The number of aromatic nitrogens is 1. The molecule has 6 N–H and O–H groups in total. The molecule has 0 bridgehead atoms. The van der Waals surface area contributed by atoms with E-state index in [2.05, 4.69) is 26.3 Å². The number of fused-ring (bicyclic) bond motifs is 2. The molecule has 13 heteroatoms. The number of H-pyrrole nitrogens is 1. The van der Waals surface area contributed by atoms with Crippen LogP contribution in [0.1, 0.15) is 52.0 Å². The lowest BCUT2D eigenvalue weighted by molar-refractivity contribution is -0.146. The first kappa shape index (κ1) is 30.5. The molecule has 5 amide bonds. The van der Waals surface area contributed by atoms with Crippen LogP contribution in [0.25, 0.3) is 10.9 Å². The summed E-state index contributed by atoms with van der Waals surface area (Å²) in [5.74, 6) is -4.57. The van der Waals surface area contributed by atoms with E-state index in [1.165, 1.54) is 11.8 Å². The third kappa shape index (κ3) is 7.07. The highest BCUT2D eigenvalue weighted by atomic mass is 16.4. The van der Waals surface area contributed by atoms with E-state index in [4.69, 9.17) is 0 Å². The monoisotopic (exact) mass is 582 g/mol. The lowest BCUT2D eigenvalue weighted by atomic mass is 10.00. The minimum absolute atomic E-state index is 0.00135. The maximum Gasteiger partial charge on any atom is 0.305 e. The number of carbonyl (C=O) groups excluding carboxylic acids is 5. The fourth-order valence-electron chi connectivity index (χ4n) is 5.53. The Kier molecular flexibility index (Phi) is 9.48. The van der Waals surface area contributed by atoms with Gasteiger partial charge in [-0.1, -0.05) is 32.0 Å². The summed E-state index contributed by atoms with van der Waals surface area (Å²) in [6, 6.07) is 1.79. The lowest BCUT2D eigenvalue weighted by Crippen LogP contribution is -2.58. The van der Waals surface area contributed by atoms with Crippen molar-refractivity contribution in [1.82, 2.24) is 31.2 Å². The van der Waals surface area contributed by atoms with E-state index in [0.29, 0.717) is 12.8 Å². The van der Waals surface area contributed by atoms with Crippen LogP contribution in [0.15, 0.2) is 30.5 Å². The van der Waals surface area contributed by atoms with Crippen LogP contribution >= 0.6 is 0 Å². The molecule has 2 aromatic rings. The average molecular weight is 583 g/mol. The number of aliphatic carboxylic acids is 1. The molecule has 0 spiro atoms. The van der Waals surface area contributed by atoms with Gasteiger partial charge in [0.25, 0.3) is 0 Å². The van der Waals surface area contributed by atoms with Crippen LogP contribution in [0.3, 0.4) is 0 Å². The van der Waals surface area contributed by atoms with Gasteiger partial charge < -0.3 is 36.3 Å². The van der Waals surface area contributed by atoms with Crippen molar-refractivity contribution in [2.45, 2.75) is 83.1 Å². The fraction of sp³-hybridized carbons (Fsp3) is 0.517. The van der Waals surface area contributed by atoms with Crippen molar-refractivity contribution >= 4 is 46.4 Å². The maximum atomic E-state index is 13.7. The number of carbonyl (C=O) groups is 6. The van der Waals surface area contributed by atoms with E-state index >= 15 is 0 Å². The number of amides is 5. The van der Waals surface area contributed by atoms with Crippen molar-refractivity contribution in [1.29, 1.82) is 0 Å². The summed E-state index contributed by atoms with van der Waals surface area (Å²) in [4.78, 5) is 83.2. The number of nitrogens with zero attached hydrogens (tertiary/aromatic N) is 1. The summed E-state index contributed by atoms with van der Waals surface area (Å²) >= 11 is 0. The van der Waals surface area contributed by atoms with Crippen LogP contribution in [-0.2, 0) is 35.2 Å². The summed E-state index contributed by atoms with van der Waals surface area (Å²) < 4.78 is 0. The van der Waals surface area contributed by atoms with Gasteiger partial charge in [0.1, 0.15) is 30.2 Å². The zero-order valence-electron chi connectivity index (χ0n) is 23.9. The van der Waals surface area contributed by atoms with Crippen LogP contribution < -0.4 is 21.3 Å². The number of aromatic amines is 1. The van der Waals surface area contributed by atoms with Crippen LogP contribution in [0.2, 0.25) is 0 Å². The first-order valence-electron chi connectivity index (χ1n) is 14.2. The van der Waals surface area contributed by atoms with E-state index in [-0.39, 0.29) is 25.3 Å². The maximum absolute atomic E-state index is 13.7. The average Bonchev–Trinajstić information content (AvgIpc) is 3.58. The zero-order chi connectivity index (χ0) is 30.6. The Bertz CT molecular complexity index is 1370. The van der Waals surface area contributed by atoms with Gasteiger partial charge in [-0.05, 0) is 43.7 Å². The van der Waals surface area contributed by atoms with E-state index in [1.54, 1.807) is 6.20 Å². The predicted octanol–water partition coefficient (Wildman–Crippen LogP) is 0.195. The number of hydrogen-bond acceptors (Lipinski definition) is 6. The molecule has 5 atom stereocenters. The Labute approximate surface area is 243 Å². The molecule has 13 nitrogen and oxygen atoms in total. The van der Waals surface area contributed by atoms with Crippen molar-refractivity contribution < 1.29 is 33.9 Å². The Morgan fingerprint density at radius 2 is 1.60 bits per heavy atom. The van der Waals surface area contributed by atoms with Gasteiger partial charge in [-0.2, -0.15) is 0 Å². The molecule has 0 unspecified atom stereocenters. The molecule has 0 aliphatic carbocycles. The number of para-hydroxylation sites is 1. The Morgan fingerprint density at radius 1 is 0.929 bits per heavy atom. The van der Waals surface area contributed by atoms with Gasteiger partial charge in [-0.15, -0.1) is 0 Å². The number of nitrogens with one attached hydrogen (secondary N) is 5. The normalized spacial score (nSPS) is 26.1. The predicted molar refractivity (Wildman–Crippen MR) is 152 cm³/mol. The van der Waals surface area contributed by atoms with Crippen LogP contribution in [0, 0.1) is 5.92 Å². The van der Waals surface area contributed by atoms with Crippen LogP contribution in [0.4, 0.5) is 0 Å². The van der Waals surface area contributed by atoms with E-state index in [1.807, 2.05) is 38.1 Å². The smallest absolute Gasteiger partial charge is 0.305 e. The molecule has 4 rings (SSSR count). The molecular weight excluding hydrogens is 544 g/mol. The quantitative estimate of drug-likeness (QED) is 0.280. The van der Waals surface area contributed by atoms with Gasteiger partial charge in [0, 0.05) is 30.1 Å². The van der Waals surface area contributed by atoms with Crippen molar-refractivity contribution in [2.75, 3.05) is 6.54 Å². The molecule has 42 heavy (non-hydrogen) atoms. The summed E-state index contributed by atoms with van der Waals surface area (Å²) in [5.41, 5.74) is 1.55. The Balaban J connectivity index is 1.73. The SMILES string of the molecule is CC(C)C[C@@H]1NC(=O)[C@@H](C)NC(=O)[C@@H]2CCCN2C(=O)[C@@H](CC(=O)O)NC(=O)[C@@H](Cc2c[nH]c3ccccc23)NC1=O. The minimum atomic E-state index is -1.47. The second kappa shape index (κ2) is 13.0. The van der Waals surface area contributed by atoms with Crippen molar-refractivity contribution in [3.05, 3.63) is 36.0 Å². The highest BCUT2D eigenvalue weighted by Crippen LogP contribution is 2.22. The Morgan fingerprint density at radius 3 is 2.31 bits per heavy atom. The van der Waals surface area contributed by atoms with Crippen molar-refractivity contribution in [3.8, 4) is 0 Å². The van der Waals surface area contributed by atoms with Gasteiger partial charge >= 0.3 is 5.97 Å². The molecule has 2 saturated heterocycles. The number of carboxylic acids is 1. The summed E-state index contributed by atoms with van der Waals surface area (Å²) in [7, 11) is 0. The summed E-state index contributed by atoms with van der Waals surface area (Å²) in [6.45, 7) is 5.43. The first-order chi connectivity index (χ1) is 19.9. The number of carboxylic acid groups (broad SMARTS) is 1. The van der Waals surface area contributed by atoms with Crippen LogP contribution in [0.5, 0.6) is 0 Å². The van der Waals surface area contributed by atoms with Gasteiger partial charge in [0.15, 0.2) is 0 Å². The van der Waals surface area contributed by atoms with Crippen molar-refractivity contribution in [2.24, 2.45) is 5.92 Å². The largest absolute Gasteiger partial charge is 0.481 e. The zero-order valence-corrected chi connectivity index (χ0v) is 23.9. The molecule has 2 fully saturated rings. The molecule has 1 aromatic heterocycles. The van der Waals surface area contributed by atoms with Gasteiger partial charge in [0.2, 0.25) is 29.5 Å².